The summed E-state index contributed by atoms with van der Waals surface area (Å²) in [6.07, 6.45) is 12.5. The van der Waals surface area contributed by atoms with Crippen molar-refractivity contribution < 1.29 is 0 Å². The van der Waals surface area contributed by atoms with E-state index in [1.54, 1.807) is 44.5 Å². The second-order valence-corrected chi connectivity index (χ2v) is 19.5. The third kappa shape index (κ3) is 4.34. The maximum Gasteiger partial charge on any atom is 0.0722 e. The van der Waals surface area contributed by atoms with Gasteiger partial charge in [-0.2, -0.15) is 0 Å². The Kier molecular flexibility index (Phi) is 6.76. The van der Waals surface area contributed by atoms with Crippen LogP contribution in [0.25, 0.3) is 12.2 Å². The minimum Gasteiger partial charge on any atom is -0.344 e. The summed E-state index contributed by atoms with van der Waals surface area (Å²) in [7, 11) is 2.59. The Hall–Kier alpha value is -3.82. The minimum atomic E-state index is -1.98. The van der Waals surface area contributed by atoms with Crippen LogP contribution in [0.4, 0.5) is 22.7 Å². The number of allylic oxidation sites excluding steroid dienone is 2. The first-order valence-electron chi connectivity index (χ1n) is 17.1. The molecule has 4 aromatic carbocycles. The van der Waals surface area contributed by atoms with Gasteiger partial charge in [0.05, 0.1) is 19.4 Å². The molecule has 2 nitrogen and oxygen atoms in total. The molecule has 2 unspecified atom stereocenters. The molecule has 0 bridgehead atoms. The number of hydrogen-bond acceptors (Lipinski definition) is 2. The van der Waals surface area contributed by atoms with Gasteiger partial charge in [-0.25, -0.2) is 0 Å². The molecule has 4 aliphatic rings. The summed E-state index contributed by atoms with van der Waals surface area (Å²) in [4.78, 5) is 4.96. The molecule has 3 heteroatoms. The van der Waals surface area contributed by atoms with Crippen LogP contribution in [0.3, 0.4) is 0 Å². The summed E-state index contributed by atoms with van der Waals surface area (Å²) in [5, 5.41) is 0. The van der Waals surface area contributed by atoms with Crippen LogP contribution in [0.2, 0.25) is 13.1 Å². The van der Waals surface area contributed by atoms with Crippen molar-refractivity contribution in [3.8, 4) is 0 Å². The molecule has 0 heterocycles. The zero-order valence-electron chi connectivity index (χ0n) is 27.9. The van der Waals surface area contributed by atoms with E-state index in [1.807, 2.05) is 0 Å². The molecule has 0 amide bonds. The Bertz CT molecular complexity index is 1740. The molecule has 0 aliphatic heterocycles. The molecular formula is C42H46N2Si. The largest absolute Gasteiger partial charge is 0.344 e. The zero-order valence-corrected chi connectivity index (χ0v) is 28.9. The lowest BCUT2D eigenvalue weighted by atomic mass is 9.97. The Morgan fingerprint density at radius 1 is 0.578 bits per heavy atom. The summed E-state index contributed by atoms with van der Waals surface area (Å²) in [6, 6.07) is 27.3. The lowest BCUT2D eigenvalue weighted by Crippen LogP contribution is -2.42. The van der Waals surface area contributed by atoms with Crippen LogP contribution < -0.4 is 9.80 Å². The van der Waals surface area contributed by atoms with Gasteiger partial charge in [-0.1, -0.05) is 84.9 Å². The molecule has 45 heavy (non-hydrogen) atoms. The predicted molar refractivity (Wildman–Crippen MR) is 196 cm³/mol. The van der Waals surface area contributed by atoms with Crippen molar-refractivity contribution in [3.63, 3.8) is 0 Å². The van der Waals surface area contributed by atoms with Crippen LogP contribution in [0.1, 0.15) is 82.3 Å². The van der Waals surface area contributed by atoms with Crippen LogP contribution in [-0.2, 0) is 25.7 Å². The highest BCUT2D eigenvalue weighted by atomic mass is 28.3. The van der Waals surface area contributed by atoms with E-state index in [4.69, 9.17) is 0 Å². The number of anilines is 4. The number of rotatable bonds is 6. The third-order valence-electron chi connectivity index (χ3n) is 11.6. The Labute approximate surface area is 271 Å². The first-order chi connectivity index (χ1) is 21.8. The Morgan fingerprint density at radius 2 is 0.978 bits per heavy atom. The van der Waals surface area contributed by atoms with Gasteiger partial charge >= 0.3 is 0 Å². The van der Waals surface area contributed by atoms with Gasteiger partial charge in [-0.15, -0.1) is 0 Å². The van der Waals surface area contributed by atoms with Gasteiger partial charge < -0.3 is 9.80 Å². The van der Waals surface area contributed by atoms with Gasteiger partial charge in [-0.05, 0) is 110 Å². The highest BCUT2D eigenvalue weighted by Gasteiger charge is 2.48. The van der Waals surface area contributed by atoms with Gasteiger partial charge in [0, 0.05) is 47.7 Å². The predicted octanol–water partition coefficient (Wildman–Crippen LogP) is 10.7. The number of para-hydroxylation sites is 2. The van der Waals surface area contributed by atoms with Gasteiger partial charge in [0.2, 0.25) is 0 Å². The molecule has 0 radical (unpaired) electrons. The maximum absolute atomic E-state index is 2.70. The third-order valence-corrected chi connectivity index (χ3v) is 16.1. The van der Waals surface area contributed by atoms with Crippen LogP contribution in [0.15, 0.2) is 83.9 Å². The van der Waals surface area contributed by atoms with Crippen molar-refractivity contribution in [1.29, 1.82) is 0 Å². The van der Waals surface area contributed by atoms with Crippen LogP contribution >= 0.6 is 0 Å². The number of fused-ring (bicyclic) bond motifs is 4. The van der Waals surface area contributed by atoms with Gasteiger partial charge in [0.1, 0.15) is 0 Å². The first kappa shape index (κ1) is 28.6. The number of nitrogens with zero attached hydrogens (tertiary/aromatic N) is 2. The van der Waals surface area contributed by atoms with E-state index in [1.165, 1.54) is 72.4 Å². The van der Waals surface area contributed by atoms with Crippen molar-refractivity contribution >= 4 is 43.0 Å². The van der Waals surface area contributed by atoms with Crippen molar-refractivity contribution in [1.82, 2.24) is 0 Å². The summed E-state index contributed by atoms with van der Waals surface area (Å²) >= 11 is 0. The van der Waals surface area contributed by atoms with E-state index in [0.29, 0.717) is 11.1 Å². The quantitative estimate of drug-likeness (QED) is 0.202. The van der Waals surface area contributed by atoms with Gasteiger partial charge in [-0.3, -0.25) is 0 Å². The number of aryl methyl sites for hydroxylation is 2. The average molecular weight is 607 g/mol. The lowest BCUT2D eigenvalue weighted by Gasteiger charge is -2.40. The summed E-state index contributed by atoms with van der Waals surface area (Å²) in [5.41, 5.74) is 22.1. The van der Waals surface area contributed by atoms with Gasteiger partial charge in [0.15, 0.2) is 0 Å². The first-order valence-corrected chi connectivity index (χ1v) is 20.2. The molecule has 0 saturated carbocycles. The van der Waals surface area contributed by atoms with E-state index >= 15 is 0 Å². The van der Waals surface area contributed by atoms with E-state index in [-0.39, 0.29) is 0 Å². The van der Waals surface area contributed by atoms with E-state index < -0.39 is 8.07 Å². The summed E-state index contributed by atoms with van der Waals surface area (Å²) in [6.45, 7) is 10.3. The Morgan fingerprint density at radius 3 is 1.38 bits per heavy atom. The van der Waals surface area contributed by atoms with Crippen molar-refractivity contribution in [2.45, 2.75) is 76.5 Å². The monoisotopic (exact) mass is 606 g/mol. The topological polar surface area (TPSA) is 6.48 Å². The van der Waals surface area contributed by atoms with Crippen LogP contribution in [0, 0.1) is 0 Å². The van der Waals surface area contributed by atoms with Crippen LogP contribution in [0.5, 0.6) is 0 Å². The molecule has 228 valence electrons. The molecule has 4 aromatic rings. The molecule has 0 fully saturated rings. The molecule has 8 rings (SSSR count). The minimum absolute atomic E-state index is 0.504. The van der Waals surface area contributed by atoms with Gasteiger partial charge in [0.25, 0.3) is 0 Å². The fraction of sp³-hybridized carbons (Fsp3) is 0.333. The van der Waals surface area contributed by atoms with Crippen molar-refractivity contribution in [3.05, 3.63) is 128 Å². The fourth-order valence-electron chi connectivity index (χ4n) is 9.89. The molecule has 4 aliphatic carbocycles. The fourth-order valence-corrected chi connectivity index (χ4v) is 14.8. The highest BCUT2D eigenvalue weighted by molar-refractivity contribution is 6.81. The molecule has 0 spiro atoms. The maximum atomic E-state index is 2.70. The average Bonchev–Trinajstić information content (AvgIpc) is 3.83. The van der Waals surface area contributed by atoms with Crippen LogP contribution in [-0.4, -0.2) is 22.2 Å². The van der Waals surface area contributed by atoms with Crippen molar-refractivity contribution in [2.24, 2.45) is 0 Å². The van der Waals surface area contributed by atoms with E-state index in [9.17, 15) is 0 Å². The lowest BCUT2D eigenvalue weighted by molar-refractivity contribution is 0.909. The summed E-state index contributed by atoms with van der Waals surface area (Å²) < 4.78 is 0. The number of benzene rings is 4. The SMILES string of the molecule is CC1=Cc2c(cc3c(c2N(C)c2ccccc2)CCC3)C1[Si](C)(C)C1C(C)=Cc2c1cc1c(c2N(C)c2ccccc2)CCC1. The molecule has 0 saturated heterocycles. The van der Waals surface area contributed by atoms with E-state index in [0.717, 1.165) is 0 Å². The second-order valence-electron chi connectivity index (χ2n) is 14.7. The van der Waals surface area contributed by atoms with Crippen molar-refractivity contribution in [2.75, 3.05) is 23.9 Å². The highest BCUT2D eigenvalue weighted by Crippen LogP contribution is 2.57. The smallest absolute Gasteiger partial charge is 0.0722 e. The summed E-state index contributed by atoms with van der Waals surface area (Å²) in [5.74, 6) is 0. The normalized spacial score (nSPS) is 19.5. The molecule has 0 aromatic heterocycles. The zero-order chi connectivity index (χ0) is 31.0. The number of hydrogen-bond donors (Lipinski definition) is 0. The Balaban J connectivity index is 1.26. The molecule has 0 N–H and O–H groups in total. The molecule has 2 atom stereocenters. The van der Waals surface area contributed by atoms with E-state index in [2.05, 4.69) is 136 Å². The molecular weight excluding hydrogens is 561 g/mol. The second kappa shape index (κ2) is 10.6. The standard InChI is InChI=1S/C42H46N2Si/c1-27-23-35-37(25-29-15-13-21-33(29)39(35)43(3)31-17-9-7-10-18-31)41(27)45(5,6)42-28(2)24-36-38(42)26-30-16-14-22-34(30)40(36)44(4)32-19-11-8-12-20-32/h7-12,17-20,23-26,41-42H,13-16,21-22H2,1-6H3.